The molecule has 1 heterocycles. The molecule has 0 amide bonds. The molecule has 0 N–H and O–H groups in total. The van der Waals surface area contributed by atoms with Gasteiger partial charge >= 0.3 is 0 Å². The monoisotopic (exact) mass is 136 g/mol. The third-order valence-electron chi connectivity index (χ3n) is 4.45. The summed E-state index contributed by atoms with van der Waals surface area (Å²) < 4.78 is 5.64. The molecule has 1 aliphatic heterocycles. The second-order valence-corrected chi connectivity index (χ2v) is 4.60. The fourth-order valence-corrected chi connectivity index (χ4v) is 3.95. The predicted molar refractivity (Wildman–Crippen MR) is 36.5 cm³/mol. The summed E-state index contributed by atoms with van der Waals surface area (Å²) in [6.07, 6.45) is 4.54. The lowest BCUT2D eigenvalue weighted by Gasteiger charge is -2.11. The van der Waals surface area contributed by atoms with Crippen LogP contribution in [0.5, 0.6) is 0 Å². The minimum Gasteiger partial charge on any atom is -0.369 e. The highest BCUT2D eigenvalue weighted by molar-refractivity contribution is 5.23. The van der Waals surface area contributed by atoms with Gasteiger partial charge < -0.3 is 4.74 Å². The van der Waals surface area contributed by atoms with Crippen molar-refractivity contribution in [3.05, 3.63) is 0 Å². The van der Waals surface area contributed by atoms with Crippen molar-refractivity contribution in [2.45, 2.75) is 24.9 Å². The maximum Gasteiger partial charge on any atom is 0.0977 e. The van der Waals surface area contributed by atoms with Gasteiger partial charge in [0.05, 0.1) is 12.2 Å². The maximum absolute atomic E-state index is 5.64. The van der Waals surface area contributed by atoms with E-state index in [0.717, 1.165) is 30.3 Å². The second kappa shape index (κ2) is 1.08. The Morgan fingerprint density at radius 2 is 1.70 bits per heavy atom. The first kappa shape index (κ1) is 4.76. The molecule has 5 atom stereocenters. The van der Waals surface area contributed by atoms with E-state index < -0.39 is 0 Å². The lowest BCUT2D eigenvalue weighted by molar-refractivity contribution is 0.217. The Labute approximate surface area is 60.7 Å². The van der Waals surface area contributed by atoms with E-state index in [2.05, 4.69) is 0 Å². The van der Waals surface area contributed by atoms with Crippen LogP contribution in [0.4, 0.5) is 0 Å². The Kier molecular flexibility index (Phi) is 0.513. The van der Waals surface area contributed by atoms with Gasteiger partial charge in [-0.1, -0.05) is 0 Å². The van der Waals surface area contributed by atoms with Gasteiger partial charge in [-0.2, -0.15) is 0 Å². The normalized spacial score (nSPS) is 74.4. The van der Waals surface area contributed by atoms with Gasteiger partial charge in [-0.05, 0) is 42.9 Å². The molecule has 4 fully saturated rings. The molecule has 3 saturated carbocycles. The fourth-order valence-electron chi connectivity index (χ4n) is 3.95. The van der Waals surface area contributed by atoms with Crippen LogP contribution in [0.3, 0.4) is 0 Å². The van der Waals surface area contributed by atoms with Crippen molar-refractivity contribution < 1.29 is 4.74 Å². The molecule has 0 aromatic heterocycles. The lowest BCUT2D eigenvalue weighted by atomic mass is 9.93. The molecule has 54 valence electrons. The van der Waals surface area contributed by atoms with Gasteiger partial charge in [0, 0.05) is 0 Å². The Bertz CT molecular complexity index is 189. The van der Waals surface area contributed by atoms with Crippen molar-refractivity contribution in [3.63, 3.8) is 0 Å². The van der Waals surface area contributed by atoms with Crippen molar-refractivity contribution in [2.75, 3.05) is 6.61 Å². The summed E-state index contributed by atoms with van der Waals surface area (Å²) in [5.74, 6) is 4.28. The molecule has 1 nitrogen and oxygen atoms in total. The highest BCUT2D eigenvalue weighted by Gasteiger charge is 2.75. The molecule has 3 aliphatic carbocycles. The van der Waals surface area contributed by atoms with Crippen molar-refractivity contribution in [1.29, 1.82) is 0 Å². The first-order chi connectivity index (χ1) is 4.92. The summed E-state index contributed by atoms with van der Waals surface area (Å²) in [4.78, 5) is 0. The van der Waals surface area contributed by atoms with Gasteiger partial charge in [-0.15, -0.1) is 0 Å². The zero-order valence-corrected chi connectivity index (χ0v) is 6.05. The van der Waals surface area contributed by atoms with Crippen LogP contribution in [0.1, 0.15) is 19.3 Å². The highest BCUT2D eigenvalue weighted by Crippen LogP contribution is 2.74. The molecule has 4 aliphatic rings. The smallest absolute Gasteiger partial charge is 0.0977 e. The number of ether oxygens (including phenoxy) is 1. The van der Waals surface area contributed by atoms with Crippen molar-refractivity contribution in [1.82, 2.24) is 0 Å². The quantitative estimate of drug-likeness (QED) is 0.459. The molecule has 10 heavy (non-hydrogen) atoms. The number of fused-ring (bicyclic) bond motifs is 3. The van der Waals surface area contributed by atoms with Gasteiger partial charge in [0.15, 0.2) is 0 Å². The standard InChI is InChI=1S/C9H12O/c1-2-8-6-3-5(6)7(1)9(8)4-10-9/h5-8H,1-4H2/t5-,6+,7-,8+,9?. The Balaban J connectivity index is 1.90. The number of epoxide rings is 1. The summed E-state index contributed by atoms with van der Waals surface area (Å²) in [6.45, 7) is 1.12. The van der Waals surface area contributed by atoms with E-state index in [9.17, 15) is 0 Å². The van der Waals surface area contributed by atoms with Gasteiger partial charge in [0.25, 0.3) is 0 Å². The SMILES string of the molecule is C1[C@@H]2[C@H]1[C@@H]1CC[C@H]2C12CO2. The predicted octanol–water partition coefficient (Wildman–Crippen LogP) is 1.43. The molecule has 1 saturated heterocycles. The summed E-state index contributed by atoms with van der Waals surface area (Å²) >= 11 is 0. The molecule has 1 spiro atoms. The molecule has 1 unspecified atom stereocenters. The molecule has 0 aromatic rings. The van der Waals surface area contributed by atoms with Crippen molar-refractivity contribution in [2.24, 2.45) is 23.7 Å². The van der Waals surface area contributed by atoms with Crippen LogP contribution in [-0.2, 0) is 4.74 Å². The van der Waals surface area contributed by atoms with Crippen molar-refractivity contribution in [3.8, 4) is 0 Å². The van der Waals surface area contributed by atoms with E-state index in [1.165, 1.54) is 12.8 Å². The zero-order valence-electron chi connectivity index (χ0n) is 6.05. The number of hydrogen-bond acceptors (Lipinski definition) is 1. The molecule has 2 bridgehead atoms. The van der Waals surface area contributed by atoms with Crippen LogP contribution in [0, 0.1) is 23.7 Å². The van der Waals surface area contributed by atoms with E-state index in [-0.39, 0.29) is 0 Å². The van der Waals surface area contributed by atoms with E-state index in [1.54, 1.807) is 6.42 Å². The molecular formula is C9H12O. The molecular weight excluding hydrogens is 124 g/mol. The van der Waals surface area contributed by atoms with Gasteiger partial charge in [0.1, 0.15) is 0 Å². The van der Waals surface area contributed by atoms with E-state index >= 15 is 0 Å². The van der Waals surface area contributed by atoms with Crippen LogP contribution in [0.15, 0.2) is 0 Å². The number of rotatable bonds is 0. The van der Waals surface area contributed by atoms with Gasteiger partial charge in [-0.25, -0.2) is 0 Å². The average Bonchev–Trinajstić information content (AvgIpc) is 2.71. The zero-order chi connectivity index (χ0) is 6.34. The van der Waals surface area contributed by atoms with Crippen LogP contribution in [0.25, 0.3) is 0 Å². The highest BCUT2D eigenvalue weighted by atomic mass is 16.6. The van der Waals surface area contributed by atoms with Crippen LogP contribution in [-0.4, -0.2) is 12.2 Å². The lowest BCUT2D eigenvalue weighted by Crippen LogP contribution is -2.20. The summed E-state index contributed by atoms with van der Waals surface area (Å²) in [5, 5.41) is 0. The molecule has 4 rings (SSSR count). The largest absolute Gasteiger partial charge is 0.369 e. The van der Waals surface area contributed by atoms with E-state index in [0.29, 0.717) is 5.60 Å². The molecule has 1 heteroatoms. The van der Waals surface area contributed by atoms with Gasteiger partial charge in [-0.3, -0.25) is 0 Å². The fraction of sp³-hybridized carbons (Fsp3) is 1.00. The minimum atomic E-state index is 0.494. The van der Waals surface area contributed by atoms with Crippen LogP contribution >= 0.6 is 0 Å². The third-order valence-corrected chi connectivity index (χ3v) is 4.45. The van der Waals surface area contributed by atoms with Gasteiger partial charge in [0.2, 0.25) is 0 Å². The Morgan fingerprint density at radius 3 is 2.10 bits per heavy atom. The minimum absolute atomic E-state index is 0.494. The first-order valence-electron chi connectivity index (χ1n) is 4.56. The topological polar surface area (TPSA) is 12.5 Å². The third kappa shape index (κ3) is 0.298. The van der Waals surface area contributed by atoms with E-state index in [4.69, 9.17) is 4.74 Å². The van der Waals surface area contributed by atoms with E-state index in [1.807, 2.05) is 0 Å². The second-order valence-electron chi connectivity index (χ2n) is 4.60. The molecule has 0 radical (unpaired) electrons. The summed E-state index contributed by atoms with van der Waals surface area (Å²) in [7, 11) is 0. The average molecular weight is 136 g/mol. The van der Waals surface area contributed by atoms with Crippen LogP contribution < -0.4 is 0 Å². The summed E-state index contributed by atoms with van der Waals surface area (Å²) in [5.41, 5.74) is 0.494. The maximum atomic E-state index is 5.64. The number of hydrogen-bond donors (Lipinski definition) is 0. The Morgan fingerprint density at radius 1 is 1.10 bits per heavy atom. The Hall–Kier alpha value is -0.0400. The first-order valence-corrected chi connectivity index (χ1v) is 4.56. The summed E-state index contributed by atoms with van der Waals surface area (Å²) in [6, 6.07) is 0. The van der Waals surface area contributed by atoms with Crippen LogP contribution in [0.2, 0.25) is 0 Å². The van der Waals surface area contributed by atoms with Crippen molar-refractivity contribution >= 4 is 0 Å². The molecule has 0 aromatic carbocycles.